The molecule has 1 saturated heterocycles. The van der Waals surface area contributed by atoms with E-state index in [9.17, 15) is 0 Å². The second kappa shape index (κ2) is 4.24. The summed E-state index contributed by atoms with van der Waals surface area (Å²) in [7, 11) is 0. The summed E-state index contributed by atoms with van der Waals surface area (Å²) in [5.41, 5.74) is 2.74. The highest BCUT2D eigenvalue weighted by Gasteiger charge is 2.32. The zero-order chi connectivity index (χ0) is 9.97. The molecular formula is C11H16N2S. The summed E-state index contributed by atoms with van der Waals surface area (Å²) in [6.07, 6.45) is 5.32. The summed E-state index contributed by atoms with van der Waals surface area (Å²) in [4.78, 5) is 0. The molecule has 0 aromatic heterocycles. The molecule has 2 N–H and O–H groups in total. The van der Waals surface area contributed by atoms with E-state index in [1.807, 2.05) is 6.08 Å². The van der Waals surface area contributed by atoms with Crippen molar-refractivity contribution < 1.29 is 0 Å². The van der Waals surface area contributed by atoms with Crippen molar-refractivity contribution in [3.8, 4) is 0 Å². The van der Waals surface area contributed by atoms with Crippen LogP contribution in [-0.4, -0.2) is 24.5 Å². The minimum Gasteiger partial charge on any atom is -0.385 e. The smallest absolute Gasteiger partial charge is 0.0351 e. The second-order valence-corrected chi connectivity index (χ2v) is 4.20. The molecule has 0 aromatic carbocycles. The van der Waals surface area contributed by atoms with E-state index in [0.717, 1.165) is 13.1 Å². The molecule has 0 spiro atoms. The normalized spacial score (nSPS) is 31.8. The number of allylic oxidation sites excluding steroid dienone is 3. The second-order valence-electron chi connectivity index (χ2n) is 3.93. The minimum atomic E-state index is 0.634. The van der Waals surface area contributed by atoms with Crippen molar-refractivity contribution in [2.75, 3.05) is 13.1 Å². The highest BCUT2D eigenvalue weighted by atomic mass is 32.1. The van der Waals surface area contributed by atoms with Crippen molar-refractivity contribution in [3.05, 3.63) is 23.4 Å². The van der Waals surface area contributed by atoms with E-state index in [0.29, 0.717) is 12.0 Å². The first kappa shape index (κ1) is 9.87. The van der Waals surface area contributed by atoms with Gasteiger partial charge in [0.1, 0.15) is 0 Å². The zero-order valence-corrected chi connectivity index (χ0v) is 9.23. The molecule has 2 heterocycles. The lowest BCUT2D eigenvalue weighted by atomic mass is 9.89. The van der Waals surface area contributed by atoms with Gasteiger partial charge in [-0.15, -0.1) is 0 Å². The molecule has 14 heavy (non-hydrogen) atoms. The maximum Gasteiger partial charge on any atom is 0.0351 e. The molecule has 0 amide bonds. The number of piperidine rings is 1. The Morgan fingerprint density at radius 3 is 3.14 bits per heavy atom. The topological polar surface area (TPSA) is 24.1 Å². The Kier molecular flexibility index (Phi) is 2.99. The zero-order valence-electron chi connectivity index (χ0n) is 8.42. The average molecular weight is 208 g/mol. The van der Waals surface area contributed by atoms with Crippen LogP contribution in [0.15, 0.2) is 23.4 Å². The Morgan fingerprint density at radius 1 is 1.50 bits per heavy atom. The SMILES string of the molecule is CC1=C(/C=C\C=S)[C@@H]2CNCC[C@@H]2N1. The molecule has 0 radical (unpaired) electrons. The van der Waals surface area contributed by atoms with Crippen LogP contribution in [0, 0.1) is 5.92 Å². The first-order valence-corrected chi connectivity index (χ1v) is 5.60. The predicted octanol–water partition coefficient (Wildman–Crippen LogP) is 1.40. The Labute approximate surface area is 90.5 Å². The third-order valence-electron chi connectivity index (χ3n) is 3.07. The lowest BCUT2D eigenvalue weighted by Gasteiger charge is -2.27. The number of hydrogen-bond donors (Lipinski definition) is 2. The van der Waals surface area contributed by atoms with Crippen LogP contribution in [0.1, 0.15) is 13.3 Å². The van der Waals surface area contributed by atoms with Crippen molar-refractivity contribution in [3.63, 3.8) is 0 Å². The summed E-state index contributed by atoms with van der Waals surface area (Å²) in [5.74, 6) is 0.634. The van der Waals surface area contributed by atoms with E-state index in [2.05, 4.69) is 23.6 Å². The number of nitrogens with one attached hydrogen (secondary N) is 2. The fourth-order valence-corrected chi connectivity index (χ4v) is 2.47. The van der Waals surface area contributed by atoms with Crippen molar-refractivity contribution in [1.29, 1.82) is 0 Å². The minimum absolute atomic E-state index is 0.634. The van der Waals surface area contributed by atoms with E-state index in [1.54, 1.807) is 5.37 Å². The van der Waals surface area contributed by atoms with Crippen LogP contribution in [0.5, 0.6) is 0 Å². The summed E-state index contributed by atoms with van der Waals surface area (Å²) in [6, 6.07) is 0.640. The molecule has 0 aromatic rings. The van der Waals surface area contributed by atoms with Crippen LogP contribution in [0.25, 0.3) is 0 Å². The molecule has 2 atom stereocenters. The van der Waals surface area contributed by atoms with Crippen molar-refractivity contribution in [2.24, 2.45) is 5.92 Å². The Balaban J connectivity index is 2.16. The summed E-state index contributed by atoms with van der Waals surface area (Å²) >= 11 is 4.80. The Hall–Kier alpha value is -0.670. The monoisotopic (exact) mass is 208 g/mol. The van der Waals surface area contributed by atoms with E-state index >= 15 is 0 Å². The maximum atomic E-state index is 4.80. The van der Waals surface area contributed by atoms with Crippen LogP contribution in [0.2, 0.25) is 0 Å². The van der Waals surface area contributed by atoms with Crippen molar-refractivity contribution in [1.82, 2.24) is 10.6 Å². The lowest BCUT2D eigenvalue weighted by Crippen LogP contribution is -2.42. The van der Waals surface area contributed by atoms with Gasteiger partial charge in [0.15, 0.2) is 0 Å². The van der Waals surface area contributed by atoms with Gasteiger partial charge in [-0.25, -0.2) is 0 Å². The van der Waals surface area contributed by atoms with E-state index in [4.69, 9.17) is 12.2 Å². The molecule has 76 valence electrons. The van der Waals surface area contributed by atoms with Crippen LogP contribution in [0.4, 0.5) is 0 Å². The lowest BCUT2D eigenvalue weighted by molar-refractivity contribution is 0.360. The summed E-state index contributed by atoms with van der Waals surface area (Å²) in [6.45, 7) is 4.37. The summed E-state index contributed by atoms with van der Waals surface area (Å²) in [5, 5.41) is 8.66. The number of fused-ring (bicyclic) bond motifs is 1. The van der Waals surface area contributed by atoms with Crippen LogP contribution in [0.3, 0.4) is 0 Å². The molecule has 2 aliphatic rings. The quantitative estimate of drug-likeness (QED) is 0.530. The summed E-state index contributed by atoms with van der Waals surface area (Å²) < 4.78 is 0. The van der Waals surface area contributed by atoms with Gasteiger partial charge in [0.05, 0.1) is 0 Å². The van der Waals surface area contributed by atoms with Gasteiger partial charge in [0.25, 0.3) is 0 Å². The van der Waals surface area contributed by atoms with Crippen LogP contribution in [-0.2, 0) is 0 Å². The van der Waals surface area contributed by atoms with Gasteiger partial charge in [-0.1, -0.05) is 24.4 Å². The fourth-order valence-electron chi connectivity index (χ4n) is 2.39. The van der Waals surface area contributed by atoms with Crippen molar-refractivity contribution >= 4 is 17.6 Å². The van der Waals surface area contributed by atoms with Gasteiger partial charge in [-0.2, -0.15) is 0 Å². The van der Waals surface area contributed by atoms with Crippen LogP contribution < -0.4 is 10.6 Å². The first-order valence-electron chi connectivity index (χ1n) is 5.13. The van der Waals surface area contributed by atoms with Crippen molar-refractivity contribution in [2.45, 2.75) is 19.4 Å². The molecule has 2 nitrogen and oxygen atoms in total. The van der Waals surface area contributed by atoms with Crippen LogP contribution >= 0.6 is 12.2 Å². The first-order chi connectivity index (χ1) is 6.83. The Morgan fingerprint density at radius 2 is 2.36 bits per heavy atom. The molecule has 1 fully saturated rings. The van der Waals surface area contributed by atoms with E-state index in [1.165, 1.54) is 17.7 Å². The highest BCUT2D eigenvalue weighted by molar-refractivity contribution is 7.79. The third kappa shape index (κ3) is 1.74. The number of rotatable bonds is 2. The van der Waals surface area contributed by atoms with E-state index < -0.39 is 0 Å². The molecule has 0 aliphatic carbocycles. The van der Waals surface area contributed by atoms with E-state index in [-0.39, 0.29) is 0 Å². The number of hydrogen-bond acceptors (Lipinski definition) is 3. The number of thiocarbonyl (C=S) groups is 1. The molecular weight excluding hydrogens is 192 g/mol. The van der Waals surface area contributed by atoms with Gasteiger partial charge >= 0.3 is 0 Å². The molecule has 0 bridgehead atoms. The molecule has 0 saturated carbocycles. The van der Waals surface area contributed by atoms with Gasteiger partial charge in [-0.05, 0) is 25.5 Å². The van der Waals surface area contributed by atoms with Gasteiger partial charge < -0.3 is 10.6 Å². The third-order valence-corrected chi connectivity index (χ3v) is 3.23. The van der Waals surface area contributed by atoms with Gasteiger partial charge in [0.2, 0.25) is 0 Å². The molecule has 2 rings (SSSR count). The fraction of sp³-hybridized carbons (Fsp3) is 0.545. The van der Waals surface area contributed by atoms with Gasteiger partial charge in [-0.3, -0.25) is 0 Å². The van der Waals surface area contributed by atoms with Gasteiger partial charge in [0, 0.05) is 29.6 Å². The molecule has 0 unspecified atom stereocenters. The molecule has 3 heteroatoms. The largest absolute Gasteiger partial charge is 0.385 e. The molecule has 2 aliphatic heterocycles. The highest BCUT2D eigenvalue weighted by Crippen LogP contribution is 2.29. The predicted molar refractivity (Wildman–Crippen MR) is 63.4 cm³/mol. The standard InChI is InChI=1S/C11H16N2S/c1-8-9(3-2-6-14)10-7-12-5-4-11(10)13-8/h2-3,6,10-13H,4-5,7H2,1H3/b3-2-/t10-,11-/m0/s1. The average Bonchev–Trinajstić information content (AvgIpc) is 2.51. The Bertz CT molecular complexity index is 294. The maximum absolute atomic E-state index is 4.80.